The molecule has 2 aromatic heterocycles. The van der Waals surface area contributed by atoms with E-state index in [1.54, 1.807) is 17.5 Å². The maximum atomic E-state index is 12.3. The highest BCUT2D eigenvalue weighted by atomic mass is 32.1. The van der Waals surface area contributed by atoms with Crippen LogP contribution in [0, 0.1) is 10.1 Å². The first kappa shape index (κ1) is 14.5. The number of nitrogens with one attached hydrogen (secondary N) is 2. The Bertz CT molecular complexity index is 790. The Labute approximate surface area is 128 Å². The third-order valence-electron chi connectivity index (χ3n) is 3.69. The largest absolute Gasteiger partial charge is 0.305 e. The van der Waals surface area contributed by atoms with Crippen molar-refractivity contribution in [1.82, 2.24) is 9.78 Å². The molecule has 0 aliphatic carbocycles. The summed E-state index contributed by atoms with van der Waals surface area (Å²) in [6.45, 7) is 3.70. The highest BCUT2D eigenvalue weighted by molar-refractivity contribution is 7.10. The Morgan fingerprint density at radius 1 is 1.41 bits per heavy atom. The fraction of sp³-hybridized carbons (Fsp3) is 0.385. The summed E-state index contributed by atoms with van der Waals surface area (Å²) in [6.07, 6.45) is 0. The molecule has 0 bridgehead atoms. The predicted molar refractivity (Wildman–Crippen MR) is 81.0 cm³/mol. The molecule has 3 rings (SSSR count). The van der Waals surface area contributed by atoms with Crippen LogP contribution in [0.3, 0.4) is 0 Å². The molecule has 8 nitrogen and oxygen atoms in total. The summed E-state index contributed by atoms with van der Waals surface area (Å²) >= 11 is 1.30. The third-order valence-corrected chi connectivity index (χ3v) is 4.65. The van der Waals surface area contributed by atoms with E-state index in [0.29, 0.717) is 10.7 Å². The van der Waals surface area contributed by atoms with Gasteiger partial charge in [0.25, 0.3) is 5.56 Å². The minimum absolute atomic E-state index is 0.0899. The van der Waals surface area contributed by atoms with Gasteiger partial charge in [0.2, 0.25) is 0 Å². The van der Waals surface area contributed by atoms with E-state index in [2.05, 4.69) is 10.4 Å². The number of aromatic nitrogens is 2. The van der Waals surface area contributed by atoms with E-state index >= 15 is 0 Å². The molecule has 0 spiro atoms. The topological polar surface area (TPSA) is 110 Å². The zero-order chi connectivity index (χ0) is 16.0. The molecule has 0 unspecified atom stereocenters. The van der Waals surface area contributed by atoms with Crippen molar-refractivity contribution in [3.05, 3.63) is 48.4 Å². The van der Waals surface area contributed by atoms with E-state index < -0.39 is 28.3 Å². The van der Waals surface area contributed by atoms with Crippen molar-refractivity contribution in [3.8, 4) is 0 Å². The van der Waals surface area contributed by atoms with Gasteiger partial charge in [0.05, 0.1) is 5.56 Å². The van der Waals surface area contributed by atoms with Crippen molar-refractivity contribution in [2.45, 2.75) is 31.8 Å². The molecule has 116 valence electrons. The summed E-state index contributed by atoms with van der Waals surface area (Å²) in [7, 11) is 0. The van der Waals surface area contributed by atoms with Crippen molar-refractivity contribution in [1.29, 1.82) is 0 Å². The van der Waals surface area contributed by atoms with Crippen molar-refractivity contribution in [2.75, 3.05) is 5.32 Å². The minimum atomic E-state index is -1.50. The van der Waals surface area contributed by atoms with Gasteiger partial charge in [0.1, 0.15) is 11.7 Å². The van der Waals surface area contributed by atoms with Crippen molar-refractivity contribution in [2.24, 2.45) is 0 Å². The molecule has 2 aromatic rings. The van der Waals surface area contributed by atoms with Crippen molar-refractivity contribution >= 4 is 23.1 Å². The lowest BCUT2D eigenvalue weighted by molar-refractivity contribution is -0.509. The van der Waals surface area contributed by atoms with Gasteiger partial charge in [-0.25, -0.2) is 0 Å². The Balaban J connectivity index is 2.27. The lowest BCUT2D eigenvalue weighted by Gasteiger charge is -2.25. The highest BCUT2D eigenvalue weighted by Gasteiger charge is 2.49. The van der Waals surface area contributed by atoms with Crippen LogP contribution in [0.25, 0.3) is 0 Å². The fourth-order valence-corrected chi connectivity index (χ4v) is 3.61. The molecule has 0 fully saturated rings. The normalized spacial score (nSPS) is 20.8. The number of carbonyl (C=O) groups is 1. The zero-order valence-electron chi connectivity index (χ0n) is 11.9. The van der Waals surface area contributed by atoms with Gasteiger partial charge in [0.15, 0.2) is 0 Å². The molecule has 2 atom stereocenters. The van der Waals surface area contributed by atoms with E-state index in [1.807, 2.05) is 13.8 Å². The average molecular weight is 322 g/mol. The lowest BCUT2D eigenvalue weighted by Crippen LogP contribution is -2.45. The van der Waals surface area contributed by atoms with Gasteiger partial charge in [0, 0.05) is 15.8 Å². The number of thiophene rings is 1. The van der Waals surface area contributed by atoms with E-state index in [1.165, 1.54) is 16.0 Å². The van der Waals surface area contributed by atoms with Crippen molar-refractivity contribution in [3.63, 3.8) is 0 Å². The number of amides is 1. The average Bonchev–Trinajstić information content (AvgIpc) is 3.05. The molecule has 9 heteroatoms. The van der Waals surface area contributed by atoms with Gasteiger partial charge in [-0.3, -0.25) is 29.5 Å². The van der Waals surface area contributed by atoms with Crippen LogP contribution in [0.4, 0.5) is 5.82 Å². The van der Waals surface area contributed by atoms with Crippen LogP contribution in [-0.4, -0.2) is 26.7 Å². The van der Waals surface area contributed by atoms with Crippen LogP contribution in [0.5, 0.6) is 0 Å². The first-order chi connectivity index (χ1) is 10.4. The quantitative estimate of drug-likeness (QED) is 0.659. The molecule has 1 aliphatic rings. The first-order valence-electron chi connectivity index (χ1n) is 6.74. The summed E-state index contributed by atoms with van der Waals surface area (Å²) in [6, 6.07) is 1.86. The van der Waals surface area contributed by atoms with Crippen LogP contribution in [0.1, 0.15) is 36.2 Å². The molecule has 22 heavy (non-hydrogen) atoms. The molecule has 0 saturated heterocycles. The summed E-state index contributed by atoms with van der Waals surface area (Å²) in [5.74, 6) is -1.26. The minimum Gasteiger partial charge on any atom is -0.305 e. The maximum Gasteiger partial charge on any atom is 0.302 e. The summed E-state index contributed by atoms with van der Waals surface area (Å²) in [5, 5.41) is 18.3. The van der Waals surface area contributed by atoms with Crippen molar-refractivity contribution < 1.29 is 9.72 Å². The van der Waals surface area contributed by atoms with Crippen LogP contribution < -0.4 is 10.9 Å². The first-order valence-corrected chi connectivity index (χ1v) is 7.62. The molecule has 0 aromatic carbocycles. The maximum absolute atomic E-state index is 12.3. The number of fused-ring (bicyclic) bond motifs is 1. The second kappa shape index (κ2) is 5.09. The number of rotatable bonds is 3. The zero-order valence-corrected chi connectivity index (χ0v) is 12.7. The number of aromatic amines is 1. The predicted octanol–water partition coefficient (Wildman–Crippen LogP) is 1.55. The van der Waals surface area contributed by atoms with E-state index in [-0.39, 0.29) is 11.6 Å². The number of hydrogen-bond donors (Lipinski definition) is 2. The summed E-state index contributed by atoms with van der Waals surface area (Å²) < 4.78 is 1.53. The second-order valence-electron chi connectivity index (χ2n) is 5.38. The number of anilines is 1. The summed E-state index contributed by atoms with van der Waals surface area (Å²) in [5.41, 5.74) is -0.161. The monoisotopic (exact) mass is 322 g/mol. The second-order valence-corrected chi connectivity index (χ2v) is 6.36. The van der Waals surface area contributed by atoms with E-state index in [0.717, 1.165) is 0 Å². The summed E-state index contributed by atoms with van der Waals surface area (Å²) in [4.78, 5) is 35.9. The smallest absolute Gasteiger partial charge is 0.302 e. The SMILES string of the molecule is CC(C)n1[nH]c(=O)c2c1NC(=O)[C@H]([N+](=O)[O-])[C@H]2c1cccs1. The molecule has 0 radical (unpaired) electrons. The Morgan fingerprint density at radius 2 is 2.14 bits per heavy atom. The van der Waals surface area contributed by atoms with Gasteiger partial charge in [-0.1, -0.05) is 6.07 Å². The third kappa shape index (κ3) is 2.05. The highest BCUT2D eigenvalue weighted by Crippen LogP contribution is 2.38. The molecule has 1 aliphatic heterocycles. The number of carbonyl (C=O) groups excluding carboxylic acids is 1. The fourth-order valence-electron chi connectivity index (χ4n) is 2.75. The number of hydrogen-bond acceptors (Lipinski definition) is 5. The van der Waals surface area contributed by atoms with E-state index in [9.17, 15) is 19.7 Å². The number of H-pyrrole nitrogens is 1. The van der Waals surface area contributed by atoms with Crippen LogP contribution >= 0.6 is 11.3 Å². The Hall–Kier alpha value is -2.42. The Morgan fingerprint density at radius 3 is 2.68 bits per heavy atom. The van der Waals surface area contributed by atoms with Crippen LogP contribution in [0.2, 0.25) is 0 Å². The van der Waals surface area contributed by atoms with Gasteiger partial charge in [-0.05, 0) is 25.3 Å². The molecular weight excluding hydrogens is 308 g/mol. The lowest BCUT2D eigenvalue weighted by atomic mass is 9.88. The molecule has 2 N–H and O–H groups in total. The molecule has 1 amide bonds. The standard InChI is InChI=1S/C13H14N4O4S/c1-6(2)16-11-9(12(18)15-16)8(7-4-3-5-22-7)10(17(20)21)13(19)14-11/h3-6,8,10H,1-2H3,(H,14,19)(H,15,18)/t8-,10+/m0/s1. The van der Waals surface area contributed by atoms with Gasteiger partial charge < -0.3 is 5.32 Å². The molecule has 0 saturated carbocycles. The van der Waals surface area contributed by atoms with Crippen LogP contribution in [-0.2, 0) is 4.79 Å². The molecule has 3 heterocycles. The number of nitro groups is 1. The van der Waals surface area contributed by atoms with Crippen LogP contribution in [0.15, 0.2) is 22.3 Å². The van der Waals surface area contributed by atoms with Gasteiger partial charge >= 0.3 is 11.9 Å². The Kier molecular flexibility index (Phi) is 3.36. The van der Waals surface area contributed by atoms with Gasteiger partial charge in [-0.15, -0.1) is 11.3 Å². The van der Waals surface area contributed by atoms with E-state index in [4.69, 9.17) is 0 Å². The van der Waals surface area contributed by atoms with Gasteiger partial charge in [-0.2, -0.15) is 0 Å². The molecular formula is C13H14N4O4S. The number of nitrogens with zero attached hydrogens (tertiary/aromatic N) is 2.